The van der Waals surface area contributed by atoms with E-state index in [-0.39, 0.29) is 12.1 Å². The van der Waals surface area contributed by atoms with E-state index < -0.39 is 0 Å². The SMILES string of the molecule is CCCN1C[C@@H](NC(=O)N(CC)CC)CC2c3cc(C(C)C)cc4[nH]cc(c34)C[C@H]21. The van der Waals surface area contributed by atoms with Gasteiger partial charge in [-0.2, -0.15) is 0 Å². The van der Waals surface area contributed by atoms with Crippen LogP contribution in [0.15, 0.2) is 18.3 Å². The van der Waals surface area contributed by atoms with Gasteiger partial charge in [-0.15, -0.1) is 0 Å². The smallest absolute Gasteiger partial charge is 0.317 e. The number of carbonyl (C=O) groups excluding carboxylic acids is 1. The average molecular weight is 411 g/mol. The Balaban J connectivity index is 1.69. The zero-order chi connectivity index (χ0) is 21.4. The summed E-state index contributed by atoms with van der Waals surface area (Å²) >= 11 is 0. The quantitative estimate of drug-likeness (QED) is 0.716. The third kappa shape index (κ3) is 3.73. The molecule has 2 heterocycles. The predicted molar refractivity (Wildman–Crippen MR) is 124 cm³/mol. The number of piperidine rings is 1. The van der Waals surface area contributed by atoms with E-state index in [1.165, 1.54) is 27.6 Å². The molecule has 4 rings (SSSR count). The van der Waals surface area contributed by atoms with Gasteiger partial charge in [0.25, 0.3) is 0 Å². The number of amides is 2. The maximum atomic E-state index is 12.8. The summed E-state index contributed by atoms with van der Waals surface area (Å²) < 4.78 is 0. The molecule has 1 aliphatic carbocycles. The van der Waals surface area contributed by atoms with Crippen molar-refractivity contribution >= 4 is 16.9 Å². The van der Waals surface area contributed by atoms with E-state index in [1.54, 1.807) is 0 Å². The van der Waals surface area contributed by atoms with Gasteiger partial charge >= 0.3 is 6.03 Å². The molecular weight excluding hydrogens is 372 g/mol. The fourth-order valence-corrected chi connectivity index (χ4v) is 5.65. The minimum atomic E-state index is 0.0825. The highest BCUT2D eigenvalue weighted by atomic mass is 16.2. The zero-order valence-corrected chi connectivity index (χ0v) is 19.3. The summed E-state index contributed by atoms with van der Waals surface area (Å²) in [5.74, 6) is 0.975. The summed E-state index contributed by atoms with van der Waals surface area (Å²) in [7, 11) is 0. The van der Waals surface area contributed by atoms with Crippen LogP contribution < -0.4 is 5.32 Å². The van der Waals surface area contributed by atoms with Crippen molar-refractivity contribution < 1.29 is 4.79 Å². The number of rotatable bonds is 6. The molecule has 2 amide bonds. The van der Waals surface area contributed by atoms with Gasteiger partial charge in [0.1, 0.15) is 0 Å². The number of urea groups is 1. The fourth-order valence-electron chi connectivity index (χ4n) is 5.65. The maximum Gasteiger partial charge on any atom is 0.317 e. The normalized spacial score (nSPS) is 23.6. The van der Waals surface area contributed by atoms with Gasteiger partial charge in [-0.25, -0.2) is 4.79 Å². The van der Waals surface area contributed by atoms with Crippen molar-refractivity contribution in [3.05, 3.63) is 35.0 Å². The van der Waals surface area contributed by atoms with Crippen LogP contribution in [0.2, 0.25) is 0 Å². The lowest BCUT2D eigenvalue weighted by atomic mass is 9.73. The summed E-state index contributed by atoms with van der Waals surface area (Å²) in [6, 6.07) is 5.60. The molecule has 2 aromatic rings. The van der Waals surface area contributed by atoms with Crippen LogP contribution >= 0.6 is 0 Å². The standard InChI is InChI=1S/C25H38N4O/c1-6-9-29-15-19(27-25(30)28(7-2)8-3)13-20-21-10-17(16(4)5)11-22-24(21)18(14-26-22)12-23(20)29/h10-11,14,16,19-20,23,26H,6-9,12-13,15H2,1-5H3,(H,27,30)/t19-,20?,23+/m0/s1. The van der Waals surface area contributed by atoms with E-state index in [9.17, 15) is 4.79 Å². The number of fused-ring (bicyclic) bond motifs is 2. The molecule has 1 fully saturated rings. The summed E-state index contributed by atoms with van der Waals surface area (Å²) in [4.78, 5) is 20.9. The number of likely N-dealkylation sites (tertiary alicyclic amines) is 1. The van der Waals surface area contributed by atoms with Gasteiger partial charge in [-0.3, -0.25) is 4.90 Å². The fraction of sp³-hybridized carbons (Fsp3) is 0.640. The number of H-pyrrole nitrogens is 1. The van der Waals surface area contributed by atoms with E-state index in [2.05, 4.69) is 54.3 Å². The van der Waals surface area contributed by atoms with Crippen molar-refractivity contribution in [1.29, 1.82) is 0 Å². The third-order valence-electron chi connectivity index (χ3n) is 7.23. The van der Waals surface area contributed by atoms with Gasteiger partial charge in [0, 0.05) is 54.7 Å². The number of aromatic nitrogens is 1. The Morgan fingerprint density at radius 1 is 1.27 bits per heavy atom. The summed E-state index contributed by atoms with van der Waals surface area (Å²) in [5.41, 5.74) is 5.64. The first-order valence-electron chi connectivity index (χ1n) is 11.9. The molecule has 1 aromatic carbocycles. The molecule has 2 aliphatic rings. The molecule has 5 nitrogen and oxygen atoms in total. The number of carbonyl (C=O) groups is 1. The van der Waals surface area contributed by atoms with Crippen LogP contribution in [-0.4, -0.2) is 59.1 Å². The van der Waals surface area contributed by atoms with E-state index in [1.807, 2.05) is 18.7 Å². The minimum Gasteiger partial charge on any atom is -0.361 e. The van der Waals surface area contributed by atoms with E-state index in [4.69, 9.17) is 0 Å². The maximum absolute atomic E-state index is 12.8. The highest BCUT2D eigenvalue weighted by Crippen LogP contribution is 2.44. The molecule has 2 N–H and O–H groups in total. The molecule has 1 saturated heterocycles. The van der Waals surface area contributed by atoms with Crippen LogP contribution in [0.25, 0.3) is 10.9 Å². The largest absolute Gasteiger partial charge is 0.361 e. The lowest BCUT2D eigenvalue weighted by molar-refractivity contribution is 0.0979. The number of hydrogen-bond acceptors (Lipinski definition) is 2. The molecule has 0 saturated carbocycles. The molecule has 164 valence electrons. The van der Waals surface area contributed by atoms with E-state index in [0.29, 0.717) is 17.9 Å². The molecule has 1 aromatic heterocycles. The van der Waals surface area contributed by atoms with Crippen molar-refractivity contribution in [2.45, 2.75) is 77.8 Å². The Kier molecular flexibility index (Phi) is 6.10. The number of benzene rings is 1. The van der Waals surface area contributed by atoms with Crippen LogP contribution in [0.3, 0.4) is 0 Å². The van der Waals surface area contributed by atoms with Crippen LogP contribution in [0.1, 0.15) is 76.0 Å². The van der Waals surface area contributed by atoms with Gasteiger partial charge < -0.3 is 15.2 Å². The van der Waals surface area contributed by atoms with Crippen LogP contribution in [0.4, 0.5) is 4.79 Å². The first kappa shape index (κ1) is 21.2. The second-order valence-electron chi connectivity index (χ2n) is 9.43. The lowest BCUT2D eigenvalue weighted by Gasteiger charge is -2.47. The Hall–Kier alpha value is -2.01. The Labute approximate surface area is 181 Å². The highest BCUT2D eigenvalue weighted by molar-refractivity contribution is 5.89. The van der Waals surface area contributed by atoms with Crippen molar-refractivity contribution in [3.63, 3.8) is 0 Å². The molecular formula is C25H38N4O. The summed E-state index contributed by atoms with van der Waals surface area (Å²) in [6.07, 6.45) is 5.50. The van der Waals surface area contributed by atoms with Crippen molar-refractivity contribution in [1.82, 2.24) is 20.1 Å². The van der Waals surface area contributed by atoms with Gasteiger partial charge in [0.2, 0.25) is 0 Å². The lowest BCUT2D eigenvalue weighted by Crippen LogP contribution is -2.57. The number of hydrogen-bond donors (Lipinski definition) is 2. The zero-order valence-electron chi connectivity index (χ0n) is 19.3. The number of nitrogens with one attached hydrogen (secondary N) is 2. The third-order valence-corrected chi connectivity index (χ3v) is 7.23. The van der Waals surface area contributed by atoms with Crippen LogP contribution in [0, 0.1) is 0 Å². The second-order valence-corrected chi connectivity index (χ2v) is 9.43. The molecule has 5 heteroatoms. The summed E-state index contributed by atoms with van der Waals surface area (Å²) in [5, 5.41) is 4.80. The Morgan fingerprint density at radius 3 is 2.70 bits per heavy atom. The van der Waals surface area contributed by atoms with E-state index in [0.717, 1.165) is 45.4 Å². The van der Waals surface area contributed by atoms with Gasteiger partial charge in [-0.05, 0) is 68.3 Å². The monoisotopic (exact) mass is 410 g/mol. The van der Waals surface area contributed by atoms with Crippen molar-refractivity contribution in [3.8, 4) is 0 Å². The molecule has 3 atom stereocenters. The first-order valence-corrected chi connectivity index (χ1v) is 11.9. The average Bonchev–Trinajstić information content (AvgIpc) is 3.13. The molecule has 0 bridgehead atoms. The number of aromatic amines is 1. The Morgan fingerprint density at radius 2 is 2.03 bits per heavy atom. The van der Waals surface area contributed by atoms with Gasteiger partial charge in [0.05, 0.1) is 0 Å². The number of nitrogens with zero attached hydrogens (tertiary/aromatic N) is 2. The Bertz CT molecular complexity index is 898. The van der Waals surface area contributed by atoms with E-state index >= 15 is 0 Å². The van der Waals surface area contributed by atoms with Crippen LogP contribution in [0.5, 0.6) is 0 Å². The first-order chi connectivity index (χ1) is 14.5. The molecule has 1 aliphatic heterocycles. The predicted octanol–water partition coefficient (Wildman–Crippen LogP) is 4.84. The highest BCUT2D eigenvalue weighted by Gasteiger charge is 2.41. The van der Waals surface area contributed by atoms with Gasteiger partial charge in [0.15, 0.2) is 0 Å². The molecule has 0 radical (unpaired) electrons. The second kappa shape index (κ2) is 8.62. The van der Waals surface area contributed by atoms with Crippen LogP contribution in [-0.2, 0) is 6.42 Å². The topological polar surface area (TPSA) is 51.4 Å². The molecule has 30 heavy (non-hydrogen) atoms. The summed E-state index contributed by atoms with van der Waals surface area (Å²) in [6.45, 7) is 14.5. The van der Waals surface area contributed by atoms with Crippen molar-refractivity contribution in [2.24, 2.45) is 0 Å². The van der Waals surface area contributed by atoms with Crippen molar-refractivity contribution in [2.75, 3.05) is 26.2 Å². The van der Waals surface area contributed by atoms with Gasteiger partial charge in [-0.1, -0.05) is 26.8 Å². The molecule has 1 unspecified atom stereocenters. The minimum absolute atomic E-state index is 0.0825. The molecule has 0 spiro atoms.